The van der Waals surface area contributed by atoms with E-state index in [9.17, 15) is 8.42 Å². The average molecular weight is 354 g/mol. The Balaban J connectivity index is 2.35. The lowest BCUT2D eigenvalue weighted by molar-refractivity contribution is 0.601. The van der Waals surface area contributed by atoms with Crippen molar-refractivity contribution < 1.29 is 8.42 Å². The summed E-state index contributed by atoms with van der Waals surface area (Å²) in [7, 11) is -3.63. The number of benzene rings is 1. The van der Waals surface area contributed by atoms with Gasteiger partial charge in [0.2, 0.25) is 0 Å². The number of nitrogens with zero attached hydrogens (tertiary/aromatic N) is 1. The highest BCUT2D eigenvalue weighted by Gasteiger charge is 2.16. The number of halogens is 2. The maximum atomic E-state index is 11.9. The number of anilines is 1. The van der Waals surface area contributed by atoms with Crippen LogP contribution in [0.1, 0.15) is 0 Å². The standard InChI is InChI=1S/C9H6BrClN2O2S2/c10-7-2-1-6(3-8(7)11)17(14,15)13-9-4-16-5-12-9/h1-5,13H. The largest absolute Gasteiger partial charge is 0.263 e. The number of thiazole rings is 1. The molecule has 1 aromatic heterocycles. The molecule has 17 heavy (non-hydrogen) atoms. The van der Waals surface area contributed by atoms with Crippen molar-refractivity contribution in [2.45, 2.75) is 4.90 Å². The Morgan fingerprint density at radius 1 is 1.41 bits per heavy atom. The molecule has 0 aliphatic rings. The third-order valence-corrected chi connectivity index (χ3v) is 5.04. The first kappa shape index (κ1) is 12.8. The van der Waals surface area contributed by atoms with Gasteiger partial charge in [-0.3, -0.25) is 4.72 Å². The lowest BCUT2D eigenvalue weighted by atomic mass is 10.4. The SMILES string of the molecule is O=S(=O)(Nc1cscn1)c1ccc(Br)c(Cl)c1. The van der Waals surface area contributed by atoms with Gasteiger partial charge in [0.25, 0.3) is 10.0 Å². The summed E-state index contributed by atoms with van der Waals surface area (Å²) >= 11 is 10.4. The molecule has 0 radical (unpaired) electrons. The Labute approximate surface area is 116 Å². The molecule has 0 saturated heterocycles. The van der Waals surface area contributed by atoms with Gasteiger partial charge in [-0.2, -0.15) is 0 Å². The summed E-state index contributed by atoms with van der Waals surface area (Å²) in [6.45, 7) is 0. The first-order valence-electron chi connectivity index (χ1n) is 4.35. The van der Waals surface area contributed by atoms with Crippen LogP contribution in [-0.4, -0.2) is 13.4 Å². The van der Waals surface area contributed by atoms with Crippen molar-refractivity contribution in [3.05, 3.63) is 38.6 Å². The molecule has 1 N–H and O–H groups in total. The van der Waals surface area contributed by atoms with Crippen LogP contribution >= 0.6 is 38.9 Å². The number of hydrogen-bond donors (Lipinski definition) is 1. The van der Waals surface area contributed by atoms with E-state index in [0.29, 0.717) is 15.3 Å². The molecule has 0 unspecified atom stereocenters. The maximum Gasteiger partial charge on any atom is 0.263 e. The molecular weight excluding hydrogens is 348 g/mol. The Bertz CT molecular complexity index is 628. The minimum Gasteiger partial charge on any atom is -0.263 e. The third kappa shape index (κ3) is 2.98. The number of nitrogens with one attached hydrogen (secondary N) is 1. The predicted molar refractivity (Wildman–Crippen MR) is 72.1 cm³/mol. The maximum absolute atomic E-state index is 11.9. The van der Waals surface area contributed by atoms with Crippen molar-refractivity contribution in [3.8, 4) is 0 Å². The molecule has 2 aromatic rings. The van der Waals surface area contributed by atoms with Gasteiger partial charge in [0.05, 0.1) is 15.4 Å². The fourth-order valence-corrected chi connectivity index (χ4v) is 3.18. The van der Waals surface area contributed by atoms with Crippen LogP contribution in [-0.2, 0) is 10.0 Å². The van der Waals surface area contributed by atoms with E-state index in [1.807, 2.05) is 0 Å². The predicted octanol–water partition coefficient (Wildman–Crippen LogP) is 3.36. The second-order valence-corrected chi connectivity index (χ2v) is 6.72. The zero-order valence-corrected chi connectivity index (χ0v) is 12.2. The van der Waals surface area contributed by atoms with Crippen LogP contribution in [0.2, 0.25) is 5.02 Å². The fraction of sp³-hybridized carbons (Fsp3) is 0. The van der Waals surface area contributed by atoms with Crippen LogP contribution in [0.5, 0.6) is 0 Å². The number of sulfonamides is 1. The molecule has 1 aromatic carbocycles. The molecular formula is C9H6BrClN2O2S2. The smallest absolute Gasteiger partial charge is 0.263 e. The molecule has 0 bridgehead atoms. The molecule has 1 heterocycles. The van der Waals surface area contributed by atoms with Crippen molar-refractivity contribution in [1.82, 2.24) is 4.98 Å². The van der Waals surface area contributed by atoms with Gasteiger partial charge in [-0.25, -0.2) is 13.4 Å². The van der Waals surface area contributed by atoms with E-state index in [1.165, 1.54) is 23.5 Å². The van der Waals surface area contributed by atoms with Crippen LogP contribution in [0.15, 0.2) is 38.5 Å². The van der Waals surface area contributed by atoms with Crippen molar-refractivity contribution >= 4 is 54.7 Å². The molecule has 8 heteroatoms. The molecule has 0 atom stereocenters. The zero-order chi connectivity index (χ0) is 12.5. The van der Waals surface area contributed by atoms with E-state index in [2.05, 4.69) is 25.6 Å². The van der Waals surface area contributed by atoms with Crippen molar-refractivity contribution in [1.29, 1.82) is 0 Å². The minimum atomic E-state index is -3.63. The van der Waals surface area contributed by atoms with E-state index in [0.717, 1.165) is 0 Å². The van der Waals surface area contributed by atoms with E-state index in [-0.39, 0.29) is 4.90 Å². The molecule has 0 spiro atoms. The summed E-state index contributed by atoms with van der Waals surface area (Å²) in [5, 5.41) is 1.95. The lowest BCUT2D eigenvalue weighted by Gasteiger charge is -2.06. The average Bonchev–Trinajstić information content (AvgIpc) is 2.73. The van der Waals surface area contributed by atoms with Gasteiger partial charge in [0.15, 0.2) is 5.82 Å². The van der Waals surface area contributed by atoms with Crippen molar-refractivity contribution in [3.63, 3.8) is 0 Å². The van der Waals surface area contributed by atoms with Gasteiger partial charge in [-0.15, -0.1) is 11.3 Å². The Kier molecular flexibility index (Phi) is 3.72. The highest BCUT2D eigenvalue weighted by atomic mass is 79.9. The second kappa shape index (κ2) is 4.93. The Hall–Kier alpha value is -0.630. The summed E-state index contributed by atoms with van der Waals surface area (Å²) in [4.78, 5) is 3.95. The summed E-state index contributed by atoms with van der Waals surface area (Å²) in [6.07, 6.45) is 0. The van der Waals surface area contributed by atoms with Gasteiger partial charge < -0.3 is 0 Å². The molecule has 0 amide bonds. The molecule has 4 nitrogen and oxygen atoms in total. The van der Waals surface area contributed by atoms with Gasteiger partial charge in [-0.1, -0.05) is 11.6 Å². The van der Waals surface area contributed by atoms with Crippen LogP contribution in [0.4, 0.5) is 5.82 Å². The van der Waals surface area contributed by atoms with Gasteiger partial charge in [0.1, 0.15) is 0 Å². The third-order valence-electron chi connectivity index (χ3n) is 1.87. The topological polar surface area (TPSA) is 59.1 Å². The van der Waals surface area contributed by atoms with Gasteiger partial charge in [0, 0.05) is 9.85 Å². The van der Waals surface area contributed by atoms with Crippen LogP contribution in [0.25, 0.3) is 0 Å². The normalized spacial score (nSPS) is 11.4. The monoisotopic (exact) mass is 352 g/mol. The Morgan fingerprint density at radius 3 is 2.76 bits per heavy atom. The highest BCUT2D eigenvalue weighted by molar-refractivity contribution is 9.10. The number of hydrogen-bond acceptors (Lipinski definition) is 4. The van der Waals surface area contributed by atoms with Gasteiger partial charge in [-0.05, 0) is 34.1 Å². The minimum absolute atomic E-state index is 0.0960. The quantitative estimate of drug-likeness (QED) is 0.920. The second-order valence-electron chi connectivity index (χ2n) is 3.06. The summed E-state index contributed by atoms with van der Waals surface area (Å²) < 4.78 is 26.9. The molecule has 0 aliphatic carbocycles. The lowest BCUT2D eigenvalue weighted by Crippen LogP contribution is -2.13. The highest BCUT2D eigenvalue weighted by Crippen LogP contribution is 2.26. The number of aromatic nitrogens is 1. The van der Waals surface area contributed by atoms with Crippen LogP contribution in [0, 0.1) is 0 Å². The molecule has 0 saturated carbocycles. The first-order chi connectivity index (χ1) is 7.99. The fourth-order valence-electron chi connectivity index (χ4n) is 1.10. The van der Waals surface area contributed by atoms with Crippen LogP contribution < -0.4 is 4.72 Å². The van der Waals surface area contributed by atoms with E-state index in [4.69, 9.17) is 11.6 Å². The van der Waals surface area contributed by atoms with Crippen LogP contribution in [0.3, 0.4) is 0 Å². The van der Waals surface area contributed by atoms with Crippen molar-refractivity contribution in [2.75, 3.05) is 4.72 Å². The first-order valence-corrected chi connectivity index (χ1v) is 7.95. The molecule has 2 rings (SSSR count). The summed E-state index contributed by atoms with van der Waals surface area (Å²) in [5.74, 6) is 0.300. The van der Waals surface area contributed by atoms with E-state index in [1.54, 1.807) is 17.0 Å². The number of rotatable bonds is 3. The van der Waals surface area contributed by atoms with Gasteiger partial charge >= 0.3 is 0 Å². The van der Waals surface area contributed by atoms with E-state index >= 15 is 0 Å². The molecule has 0 aliphatic heterocycles. The Morgan fingerprint density at radius 2 is 2.18 bits per heavy atom. The van der Waals surface area contributed by atoms with Crippen molar-refractivity contribution in [2.24, 2.45) is 0 Å². The summed E-state index contributed by atoms with van der Waals surface area (Å²) in [6, 6.07) is 4.42. The zero-order valence-electron chi connectivity index (χ0n) is 8.22. The molecule has 0 fully saturated rings. The summed E-state index contributed by atoms with van der Waals surface area (Å²) in [5.41, 5.74) is 1.55. The van der Waals surface area contributed by atoms with E-state index < -0.39 is 10.0 Å². The molecule has 90 valence electrons.